The molecule has 0 aliphatic rings. The minimum absolute atomic E-state index is 0.0395. The maximum absolute atomic E-state index is 12.6. The van der Waals surface area contributed by atoms with Crippen LogP contribution in [0.15, 0.2) is 45.1 Å². The summed E-state index contributed by atoms with van der Waals surface area (Å²) >= 11 is 0.803. The molecule has 0 saturated carbocycles. The lowest BCUT2D eigenvalue weighted by Gasteiger charge is -2.08. The Morgan fingerprint density at radius 1 is 1.08 bits per heavy atom. The fourth-order valence-electron chi connectivity index (χ4n) is 2.14. The smallest absolute Gasteiger partial charge is 0.351 e. The number of nitrogens with zero attached hydrogens (tertiary/aromatic N) is 1. The second kappa shape index (κ2) is 6.44. The summed E-state index contributed by atoms with van der Waals surface area (Å²) in [7, 11) is -3.86. The number of halogens is 3. The molecule has 0 spiro atoms. The van der Waals surface area contributed by atoms with Crippen LogP contribution in [-0.4, -0.2) is 13.6 Å². The quantitative estimate of drug-likeness (QED) is 0.678. The highest BCUT2D eigenvalue weighted by Gasteiger charge is 2.36. The monoisotopic (exact) mass is 402 g/mol. The normalized spacial score (nSPS) is 12.3. The second-order valence-corrected chi connectivity index (χ2v) is 8.59. The number of hydrogen-bond acceptors (Lipinski definition) is 5. The van der Waals surface area contributed by atoms with E-state index in [-0.39, 0.29) is 14.8 Å². The second-order valence-electron chi connectivity index (χ2n) is 5.60. The Labute approximate surface area is 151 Å². The Morgan fingerprint density at radius 2 is 1.81 bits per heavy atom. The molecular weight excluding hydrogens is 389 g/mol. The summed E-state index contributed by atoms with van der Waals surface area (Å²) in [5.74, 6) is -1.24. The fourth-order valence-corrected chi connectivity index (χ4v) is 4.45. The summed E-state index contributed by atoms with van der Waals surface area (Å²) < 4.78 is 69.4. The number of benzene rings is 1. The molecule has 0 aliphatic heterocycles. The van der Waals surface area contributed by atoms with Crippen LogP contribution < -0.4 is 4.72 Å². The predicted molar refractivity (Wildman–Crippen MR) is 91.5 cm³/mol. The van der Waals surface area contributed by atoms with Gasteiger partial charge in [-0.25, -0.2) is 8.42 Å². The van der Waals surface area contributed by atoms with Crippen molar-refractivity contribution >= 4 is 27.0 Å². The Bertz CT molecular complexity index is 1050. The van der Waals surface area contributed by atoms with E-state index in [2.05, 4.69) is 14.4 Å². The summed E-state index contributed by atoms with van der Waals surface area (Å²) in [5.41, 5.74) is 2.29. The highest BCUT2D eigenvalue weighted by atomic mass is 32.2. The molecule has 3 aromatic rings. The third-order valence-electron chi connectivity index (χ3n) is 3.65. The molecule has 0 bridgehead atoms. The van der Waals surface area contributed by atoms with Gasteiger partial charge in [0.2, 0.25) is 5.76 Å². The Morgan fingerprint density at radius 3 is 2.42 bits per heavy atom. The molecule has 1 N–H and O–H groups in total. The van der Waals surface area contributed by atoms with Crippen LogP contribution in [0.1, 0.15) is 16.9 Å². The lowest BCUT2D eigenvalue weighted by Crippen LogP contribution is -2.11. The molecule has 0 atom stereocenters. The van der Waals surface area contributed by atoms with Gasteiger partial charge in [-0.2, -0.15) is 13.2 Å². The molecular formula is C16H13F3N2O3S2. The number of nitrogens with one attached hydrogen (secondary N) is 1. The van der Waals surface area contributed by atoms with Gasteiger partial charge in [-0.3, -0.25) is 4.72 Å². The summed E-state index contributed by atoms with van der Waals surface area (Å²) in [4.78, 5) is 0.254. The van der Waals surface area contributed by atoms with E-state index in [1.54, 1.807) is 18.2 Å². The molecule has 1 aromatic carbocycles. The summed E-state index contributed by atoms with van der Waals surface area (Å²) in [6, 6.07) is 8.57. The third kappa shape index (κ3) is 3.75. The minimum atomic E-state index is -4.65. The SMILES string of the molecule is Cc1ccc(NS(=O)(=O)c2ccc(-c3cc(C(F)(F)F)on3)s2)cc1C. The molecule has 0 saturated heterocycles. The Hall–Kier alpha value is -2.33. The van der Waals surface area contributed by atoms with Crippen molar-refractivity contribution in [1.82, 2.24) is 5.16 Å². The Kier molecular flexibility index (Phi) is 4.57. The predicted octanol–water partition coefficient (Wildman–Crippen LogP) is 4.84. The number of rotatable bonds is 4. The number of hydrogen-bond donors (Lipinski definition) is 1. The maximum atomic E-state index is 12.6. The van der Waals surface area contributed by atoms with Gasteiger partial charge in [-0.15, -0.1) is 11.3 Å². The van der Waals surface area contributed by atoms with Gasteiger partial charge < -0.3 is 4.52 Å². The lowest BCUT2D eigenvalue weighted by atomic mass is 10.1. The molecule has 0 unspecified atom stereocenters. The van der Waals surface area contributed by atoms with Crippen LogP contribution in [0, 0.1) is 13.8 Å². The molecule has 3 rings (SSSR count). The van der Waals surface area contributed by atoms with E-state index in [1.807, 2.05) is 13.8 Å². The summed E-state index contributed by atoms with van der Waals surface area (Å²) in [6.07, 6.45) is -4.65. The number of aromatic nitrogens is 1. The molecule has 10 heteroatoms. The van der Waals surface area contributed by atoms with E-state index in [0.29, 0.717) is 5.69 Å². The zero-order chi connectivity index (χ0) is 19.1. The minimum Gasteiger partial charge on any atom is -0.351 e. The van der Waals surface area contributed by atoms with Crippen LogP contribution in [0.3, 0.4) is 0 Å². The van der Waals surface area contributed by atoms with Crippen molar-refractivity contribution in [1.29, 1.82) is 0 Å². The van der Waals surface area contributed by atoms with E-state index in [4.69, 9.17) is 0 Å². The van der Waals surface area contributed by atoms with Crippen molar-refractivity contribution in [2.75, 3.05) is 4.72 Å². The zero-order valence-electron chi connectivity index (χ0n) is 13.6. The number of aryl methyl sites for hydroxylation is 2. The van der Waals surface area contributed by atoms with Gasteiger partial charge in [-0.1, -0.05) is 11.2 Å². The van der Waals surface area contributed by atoms with Crippen LogP contribution in [-0.2, 0) is 16.2 Å². The molecule has 26 heavy (non-hydrogen) atoms. The van der Waals surface area contributed by atoms with E-state index >= 15 is 0 Å². The van der Waals surface area contributed by atoms with Crippen LogP contribution in [0.25, 0.3) is 10.6 Å². The molecule has 138 valence electrons. The van der Waals surface area contributed by atoms with E-state index in [1.165, 1.54) is 12.1 Å². The van der Waals surface area contributed by atoms with Gasteiger partial charge >= 0.3 is 6.18 Å². The van der Waals surface area contributed by atoms with Crippen molar-refractivity contribution in [2.45, 2.75) is 24.2 Å². The molecule has 0 aliphatic carbocycles. The maximum Gasteiger partial charge on any atom is 0.452 e. The first-order valence-electron chi connectivity index (χ1n) is 7.30. The van der Waals surface area contributed by atoms with Crippen LogP contribution in [0.4, 0.5) is 18.9 Å². The van der Waals surface area contributed by atoms with Crippen LogP contribution >= 0.6 is 11.3 Å². The fraction of sp³-hybridized carbons (Fsp3) is 0.188. The van der Waals surface area contributed by atoms with Gasteiger partial charge in [0.1, 0.15) is 9.90 Å². The van der Waals surface area contributed by atoms with Crippen molar-refractivity contribution < 1.29 is 26.1 Å². The van der Waals surface area contributed by atoms with E-state index in [9.17, 15) is 21.6 Å². The average molecular weight is 402 g/mol. The molecule has 2 heterocycles. The molecule has 5 nitrogen and oxygen atoms in total. The molecule has 0 amide bonds. The summed E-state index contributed by atoms with van der Waals surface area (Å²) in [6.45, 7) is 3.77. The van der Waals surface area contributed by atoms with Crippen molar-refractivity contribution in [2.24, 2.45) is 0 Å². The van der Waals surface area contributed by atoms with Crippen molar-refractivity contribution in [3.05, 3.63) is 53.3 Å². The first-order chi connectivity index (χ1) is 12.1. The van der Waals surface area contributed by atoms with Gasteiger partial charge in [-0.05, 0) is 49.2 Å². The molecule has 2 aromatic heterocycles. The first kappa shape index (κ1) is 18.5. The highest BCUT2D eigenvalue weighted by molar-refractivity contribution is 7.94. The highest BCUT2D eigenvalue weighted by Crippen LogP contribution is 2.35. The molecule has 0 fully saturated rings. The topological polar surface area (TPSA) is 72.2 Å². The Balaban J connectivity index is 1.86. The third-order valence-corrected chi connectivity index (χ3v) is 6.63. The van der Waals surface area contributed by atoms with Crippen molar-refractivity contribution in [3.63, 3.8) is 0 Å². The number of sulfonamides is 1. The average Bonchev–Trinajstić information content (AvgIpc) is 3.18. The first-order valence-corrected chi connectivity index (χ1v) is 9.60. The zero-order valence-corrected chi connectivity index (χ0v) is 15.2. The largest absolute Gasteiger partial charge is 0.452 e. The van der Waals surface area contributed by atoms with E-state index < -0.39 is 22.0 Å². The van der Waals surface area contributed by atoms with Crippen molar-refractivity contribution in [3.8, 4) is 10.6 Å². The van der Waals surface area contributed by atoms with Gasteiger partial charge in [0.05, 0.1) is 4.88 Å². The van der Waals surface area contributed by atoms with Crippen LogP contribution in [0.2, 0.25) is 0 Å². The van der Waals surface area contributed by atoms with Gasteiger partial charge in [0.25, 0.3) is 10.0 Å². The van der Waals surface area contributed by atoms with E-state index in [0.717, 1.165) is 28.5 Å². The molecule has 0 radical (unpaired) electrons. The van der Waals surface area contributed by atoms with Gasteiger partial charge in [0.15, 0.2) is 0 Å². The summed E-state index contributed by atoms with van der Waals surface area (Å²) in [5, 5.41) is 3.35. The van der Waals surface area contributed by atoms with Crippen LogP contribution in [0.5, 0.6) is 0 Å². The number of anilines is 1. The number of alkyl halides is 3. The van der Waals surface area contributed by atoms with Gasteiger partial charge in [0, 0.05) is 11.8 Å². The lowest BCUT2D eigenvalue weighted by molar-refractivity contribution is -0.155. The number of thiophene rings is 1. The standard InChI is InChI=1S/C16H13F3N2O3S2/c1-9-3-4-11(7-10(9)2)21-26(22,23)15-6-5-13(25-15)12-8-14(24-20-12)16(17,18)19/h3-8,21H,1-2H3.